The summed E-state index contributed by atoms with van der Waals surface area (Å²) >= 11 is 5.62. The lowest BCUT2D eigenvalue weighted by atomic mass is 10.0. The molecular weight excluding hydrogens is 171 g/mol. The summed E-state index contributed by atoms with van der Waals surface area (Å²) in [7, 11) is 0. The molecule has 0 radical (unpaired) electrons. The largest absolute Gasteiger partial charge is 0.0978 e. The Hall–Kier alpha value is 0.650. The molecule has 2 bridgehead atoms. The van der Waals surface area contributed by atoms with Gasteiger partial charge in [-0.05, 0) is 56.1 Å². The van der Waals surface area contributed by atoms with Gasteiger partial charge < -0.3 is 0 Å². The summed E-state index contributed by atoms with van der Waals surface area (Å²) in [6.07, 6.45) is 6.01. The molecule has 2 aliphatic rings. The fourth-order valence-electron chi connectivity index (χ4n) is 2.97. The van der Waals surface area contributed by atoms with Crippen LogP contribution < -0.4 is 0 Å². The topological polar surface area (TPSA) is 0 Å². The molecule has 2 fully saturated rings. The lowest BCUT2D eigenvalue weighted by molar-refractivity contribution is 0.488. The monoisotopic (exact) mass is 188 g/mol. The van der Waals surface area contributed by atoms with Gasteiger partial charge in [-0.1, -0.05) is 18.2 Å². The number of hydrogen-bond donors (Lipinski definition) is 0. The van der Waals surface area contributed by atoms with Gasteiger partial charge in [-0.15, -0.1) is 0 Å². The van der Waals surface area contributed by atoms with Crippen molar-refractivity contribution in [1.82, 2.24) is 0 Å². The Morgan fingerprint density at radius 2 is 1.91 bits per heavy atom. The summed E-state index contributed by atoms with van der Waals surface area (Å²) in [5, 5.41) is 0. The molecule has 0 N–H and O–H groups in total. The molecular formula is C9H17PS. The van der Waals surface area contributed by atoms with Gasteiger partial charge in [-0.25, -0.2) is 0 Å². The van der Waals surface area contributed by atoms with E-state index in [2.05, 4.69) is 13.3 Å². The molecule has 0 aromatic carbocycles. The number of fused-ring (bicyclic) bond motifs is 2. The van der Waals surface area contributed by atoms with E-state index in [-0.39, 0.29) is 0 Å². The zero-order valence-corrected chi connectivity index (χ0v) is 9.13. The Kier molecular flexibility index (Phi) is 1.93. The Bertz CT molecular complexity index is 206. The van der Waals surface area contributed by atoms with Crippen LogP contribution in [-0.2, 0) is 11.8 Å². The molecule has 0 heterocycles. The van der Waals surface area contributed by atoms with Crippen LogP contribution in [0.15, 0.2) is 0 Å². The van der Waals surface area contributed by atoms with Gasteiger partial charge in [0.15, 0.2) is 0 Å². The predicted octanol–water partition coefficient (Wildman–Crippen LogP) is 2.91. The first-order chi connectivity index (χ1) is 5.07. The minimum atomic E-state index is -0.922. The van der Waals surface area contributed by atoms with E-state index in [0.29, 0.717) is 0 Å². The first-order valence-electron chi connectivity index (χ1n) is 4.62. The van der Waals surface area contributed by atoms with Crippen LogP contribution in [-0.4, -0.2) is 19.0 Å². The van der Waals surface area contributed by atoms with Crippen LogP contribution >= 0.6 is 6.04 Å². The molecule has 64 valence electrons. The molecule has 2 aliphatic carbocycles. The van der Waals surface area contributed by atoms with Crippen molar-refractivity contribution in [3.8, 4) is 0 Å². The molecule has 3 atom stereocenters. The molecule has 2 saturated carbocycles. The third kappa shape index (κ3) is 1.42. The fourth-order valence-corrected chi connectivity index (χ4v) is 5.84. The third-order valence-electron chi connectivity index (χ3n) is 3.50. The van der Waals surface area contributed by atoms with Gasteiger partial charge in [0.1, 0.15) is 0 Å². The van der Waals surface area contributed by atoms with Gasteiger partial charge in [0, 0.05) is 0 Å². The maximum absolute atomic E-state index is 5.62. The molecule has 0 amide bonds. The Morgan fingerprint density at radius 3 is 2.18 bits per heavy atom. The van der Waals surface area contributed by atoms with E-state index in [4.69, 9.17) is 11.8 Å². The van der Waals surface area contributed by atoms with Crippen LogP contribution in [0.1, 0.15) is 25.7 Å². The smallest absolute Gasteiger partial charge is 0.00922 e. The van der Waals surface area contributed by atoms with E-state index in [9.17, 15) is 0 Å². The first kappa shape index (κ1) is 8.26. The lowest BCUT2D eigenvalue weighted by Crippen LogP contribution is -2.15. The highest BCUT2D eigenvalue weighted by Gasteiger charge is 2.42. The molecule has 2 heteroatoms. The summed E-state index contributed by atoms with van der Waals surface area (Å²) in [4.78, 5) is 0. The molecule has 0 nitrogen and oxygen atoms in total. The second-order valence-electron chi connectivity index (χ2n) is 4.68. The molecule has 0 saturated heterocycles. The lowest BCUT2D eigenvalue weighted by Gasteiger charge is -2.28. The van der Waals surface area contributed by atoms with Crippen molar-refractivity contribution in [2.75, 3.05) is 13.3 Å². The van der Waals surface area contributed by atoms with E-state index in [1.54, 1.807) is 0 Å². The summed E-state index contributed by atoms with van der Waals surface area (Å²) < 4.78 is 0. The Balaban J connectivity index is 2.14. The van der Waals surface area contributed by atoms with E-state index in [1.807, 2.05) is 0 Å². The Morgan fingerprint density at radius 1 is 1.18 bits per heavy atom. The zero-order chi connectivity index (χ0) is 8.06. The fraction of sp³-hybridized carbons (Fsp3) is 1.00. The quantitative estimate of drug-likeness (QED) is 0.570. The standard InChI is InChI=1S/C9H17PS/c1-10(2,11)9-6-7-3-4-8(9)5-7/h7-9H,3-6H2,1-2H3/t7-,8+,9+/m0/s1. The van der Waals surface area contributed by atoms with Gasteiger partial charge in [-0.3, -0.25) is 0 Å². The van der Waals surface area contributed by atoms with Crippen molar-refractivity contribution in [3.63, 3.8) is 0 Å². The van der Waals surface area contributed by atoms with Crippen molar-refractivity contribution in [2.24, 2.45) is 11.8 Å². The van der Waals surface area contributed by atoms with Crippen LogP contribution in [0.5, 0.6) is 0 Å². The van der Waals surface area contributed by atoms with Gasteiger partial charge in [0.05, 0.1) is 0 Å². The molecule has 0 spiro atoms. The third-order valence-corrected chi connectivity index (χ3v) is 6.54. The second kappa shape index (κ2) is 2.57. The summed E-state index contributed by atoms with van der Waals surface area (Å²) in [6.45, 7) is 4.68. The van der Waals surface area contributed by atoms with Gasteiger partial charge >= 0.3 is 0 Å². The van der Waals surface area contributed by atoms with E-state index >= 15 is 0 Å². The number of rotatable bonds is 1. The van der Waals surface area contributed by atoms with Crippen molar-refractivity contribution >= 4 is 17.8 Å². The summed E-state index contributed by atoms with van der Waals surface area (Å²) in [5.41, 5.74) is 0.969. The zero-order valence-electron chi connectivity index (χ0n) is 7.42. The molecule has 0 unspecified atom stereocenters. The average molecular weight is 188 g/mol. The minimum Gasteiger partial charge on any atom is -0.0978 e. The van der Waals surface area contributed by atoms with E-state index in [1.165, 1.54) is 25.7 Å². The minimum absolute atomic E-state index is 0.922. The normalized spacial score (nSPS) is 43.3. The maximum atomic E-state index is 5.62. The van der Waals surface area contributed by atoms with Crippen molar-refractivity contribution in [2.45, 2.75) is 31.3 Å². The molecule has 0 aliphatic heterocycles. The molecule has 11 heavy (non-hydrogen) atoms. The SMILES string of the molecule is CP(C)(=S)[C@@H]1C[C@H]2CC[C@@H]1C2. The number of hydrogen-bond acceptors (Lipinski definition) is 1. The molecule has 0 aromatic rings. The molecule has 0 aromatic heterocycles. The Labute approximate surface area is 74.8 Å². The highest BCUT2D eigenvalue weighted by Crippen LogP contribution is 2.59. The van der Waals surface area contributed by atoms with Crippen LogP contribution in [0.4, 0.5) is 0 Å². The highest BCUT2D eigenvalue weighted by atomic mass is 32.4. The van der Waals surface area contributed by atoms with Crippen LogP contribution in [0.2, 0.25) is 0 Å². The second-order valence-corrected chi connectivity index (χ2v) is 11.0. The van der Waals surface area contributed by atoms with Crippen molar-refractivity contribution < 1.29 is 0 Å². The van der Waals surface area contributed by atoms with E-state index in [0.717, 1.165) is 17.5 Å². The molecule has 2 rings (SSSR count). The maximum Gasteiger partial charge on any atom is -0.00922 e. The van der Waals surface area contributed by atoms with Gasteiger partial charge in [-0.2, -0.15) is 0 Å². The predicted molar refractivity (Wildman–Crippen MR) is 55.4 cm³/mol. The van der Waals surface area contributed by atoms with Crippen LogP contribution in [0, 0.1) is 11.8 Å². The van der Waals surface area contributed by atoms with Crippen LogP contribution in [0.25, 0.3) is 0 Å². The highest BCUT2D eigenvalue weighted by molar-refractivity contribution is 8.14. The van der Waals surface area contributed by atoms with Gasteiger partial charge in [0.25, 0.3) is 0 Å². The van der Waals surface area contributed by atoms with E-state index < -0.39 is 6.04 Å². The summed E-state index contributed by atoms with van der Waals surface area (Å²) in [6, 6.07) is -0.922. The first-order valence-corrected chi connectivity index (χ1v) is 8.38. The van der Waals surface area contributed by atoms with Crippen molar-refractivity contribution in [1.29, 1.82) is 0 Å². The van der Waals surface area contributed by atoms with Crippen molar-refractivity contribution in [3.05, 3.63) is 0 Å². The van der Waals surface area contributed by atoms with Gasteiger partial charge in [0.2, 0.25) is 0 Å². The summed E-state index contributed by atoms with van der Waals surface area (Å²) in [5.74, 6) is 2.12. The van der Waals surface area contributed by atoms with Crippen LogP contribution in [0.3, 0.4) is 0 Å². The average Bonchev–Trinajstić information content (AvgIpc) is 2.42.